The number of carbonyl (C=O) groups is 2. The number of thioether (sulfide) groups is 1. The van der Waals surface area contributed by atoms with Crippen molar-refractivity contribution in [1.29, 1.82) is 0 Å². The molecule has 2 aliphatic rings. The Kier molecular flexibility index (Phi) is 8.66. The lowest BCUT2D eigenvalue weighted by molar-refractivity contribution is -0.665. The summed E-state index contributed by atoms with van der Waals surface area (Å²) in [6.07, 6.45) is 4.43. The number of amides is 1. The lowest BCUT2D eigenvalue weighted by Crippen LogP contribution is -2.78. The minimum absolute atomic E-state index is 0.125. The first kappa shape index (κ1) is 29.1. The van der Waals surface area contributed by atoms with Crippen molar-refractivity contribution in [2.45, 2.75) is 58.1 Å². The highest BCUT2D eigenvalue weighted by atomic mass is 32.2. The van der Waals surface area contributed by atoms with E-state index in [2.05, 4.69) is 82.2 Å². The average molecular weight is 591 g/mol. The standard InChI is InChI=1S/C32H36N4O3S2/c1-6-35-23-13-8-10-15-25(23)40-27(35)19-21-29(33-17-12-18-34-31(38)39-32(3,4)5)22(30(21)37)20-28-36(7-2)24-14-9-11-16-26(24)41-28/h8-11,13-16,19-21H,6-7,12,17-18H2,1-5H3/p+2/b22-20-,27-19+,33-29?. The number of nitrogens with zero attached hydrogens (tertiary/aromatic N) is 2. The van der Waals surface area contributed by atoms with Gasteiger partial charge in [0.1, 0.15) is 29.3 Å². The summed E-state index contributed by atoms with van der Waals surface area (Å²) >= 11 is 3.42. The van der Waals surface area contributed by atoms with Gasteiger partial charge in [-0.25, -0.2) is 9.79 Å². The van der Waals surface area contributed by atoms with Crippen LogP contribution in [-0.2, 0) is 16.1 Å². The van der Waals surface area contributed by atoms with Crippen LogP contribution in [0.1, 0.15) is 46.0 Å². The fraction of sp³-hybridized carbons (Fsp3) is 0.375. The molecule has 5 rings (SSSR count). The third-order valence-corrected chi connectivity index (χ3v) is 9.21. The largest absolute Gasteiger partial charge is 0.444 e. The van der Waals surface area contributed by atoms with Crippen LogP contribution in [0.25, 0.3) is 16.3 Å². The summed E-state index contributed by atoms with van der Waals surface area (Å²) in [7, 11) is 0. The van der Waals surface area contributed by atoms with Crippen LogP contribution in [0.4, 0.5) is 10.5 Å². The van der Waals surface area contributed by atoms with Gasteiger partial charge in [0.05, 0.1) is 16.3 Å². The number of fused-ring (bicyclic) bond motifs is 2. The number of carbonyl (C=O) groups excluding carboxylic acids is 2. The maximum absolute atomic E-state index is 13.7. The predicted octanol–water partition coefficient (Wildman–Crippen LogP) is 4.70. The number of ether oxygens (including phenoxy) is 1. The zero-order valence-corrected chi connectivity index (χ0v) is 26.0. The molecule has 0 spiro atoms. The van der Waals surface area contributed by atoms with Gasteiger partial charge in [-0.1, -0.05) is 47.4 Å². The summed E-state index contributed by atoms with van der Waals surface area (Å²) in [5, 5.41) is 4.96. The molecule has 0 bridgehead atoms. The molecule has 1 aromatic heterocycles. The van der Waals surface area contributed by atoms with Gasteiger partial charge in [0.25, 0.3) is 5.01 Å². The lowest BCUT2D eigenvalue weighted by atomic mass is 9.75. The van der Waals surface area contributed by atoms with Gasteiger partial charge in [0, 0.05) is 36.5 Å². The number of ketones is 1. The van der Waals surface area contributed by atoms with Gasteiger partial charge in [-0.3, -0.25) is 4.79 Å². The quantitative estimate of drug-likeness (QED) is 0.226. The molecule has 1 atom stereocenters. The molecule has 1 unspecified atom stereocenters. The van der Waals surface area contributed by atoms with E-state index in [0.29, 0.717) is 19.5 Å². The summed E-state index contributed by atoms with van der Waals surface area (Å²) in [5.74, 6) is -0.213. The third kappa shape index (κ3) is 6.26. The first-order chi connectivity index (χ1) is 19.7. The second kappa shape index (κ2) is 12.2. The highest BCUT2D eigenvalue weighted by Gasteiger charge is 2.47. The molecule has 2 heterocycles. The van der Waals surface area contributed by atoms with Crippen LogP contribution in [0, 0.1) is 5.92 Å². The van der Waals surface area contributed by atoms with Crippen LogP contribution < -0.4 is 19.8 Å². The number of aromatic nitrogens is 1. The Hall–Kier alpha value is -3.43. The molecule has 2 aromatic carbocycles. The molecule has 1 fully saturated rings. The van der Waals surface area contributed by atoms with Gasteiger partial charge in [-0.15, -0.1) is 0 Å². The summed E-state index contributed by atoms with van der Waals surface area (Å²) in [5.41, 5.74) is 3.50. The normalized spacial score (nSPS) is 19.7. The number of nitrogens with one attached hydrogen (secondary N) is 2. The number of aryl methyl sites for hydroxylation is 1. The zero-order valence-electron chi connectivity index (χ0n) is 24.3. The SMILES string of the molecule is CCN1/C(=C\C2C(=O)/C(=C\c3sc4ccccc4[n+]3CC)C2=[NH+]CCCNC(=O)OC(C)(C)C)Sc2ccccc21. The van der Waals surface area contributed by atoms with Crippen molar-refractivity contribution in [3.63, 3.8) is 0 Å². The first-order valence-electron chi connectivity index (χ1n) is 14.2. The molecule has 1 aliphatic carbocycles. The summed E-state index contributed by atoms with van der Waals surface area (Å²) < 4.78 is 8.80. The molecule has 1 aliphatic heterocycles. The van der Waals surface area contributed by atoms with E-state index in [4.69, 9.17) is 4.74 Å². The zero-order chi connectivity index (χ0) is 29.1. The Bertz CT molecular complexity index is 1560. The second-order valence-electron chi connectivity index (χ2n) is 11.0. The topological polar surface area (TPSA) is 76.5 Å². The Morgan fingerprint density at radius 1 is 1.15 bits per heavy atom. The Balaban J connectivity index is 1.40. The Morgan fingerprint density at radius 2 is 1.90 bits per heavy atom. The molecule has 0 radical (unpaired) electrons. The Labute approximate surface area is 250 Å². The van der Waals surface area contributed by atoms with Crippen molar-refractivity contribution in [3.8, 4) is 0 Å². The fourth-order valence-electron chi connectivity index (χ4n) is 5.11. The number of allylic oxidation sites excluding steroid dienone is 2. The molecule has 9 heteroatoms. The van der Waals surface area contributed by atoms with Gasteiger partial charge in [0.2, 0.25) is 11.2 Å². The maximum Gasteiger partial charge on any atom is 0.407 e. The van der Waals surface area contributed by atoms with E-state index in [-0.39, 0.29) is 11.7 Å². The molecule has 1 amide bonds. The van der Waals surface area contributed by atoms with E-state index < -0.39 is 11.7 Å². The number of hydrogen-bond acceptors (Lipinski definition) is 6. The average Bonchev–Trinajstić information content (AvgIpc) is 3.48. The molecule has 7 nitrogen and oxygen atoms in total. The second-order valence-corrected chi connectivity index (χ2v) is 13.1. The number of alkyl carbamates (subject to hydrolysis) is 1. The van der Waals surface area contributed by atoms with E-state index in [9.17, 15) is 9.59 Å². The minimum atomic E-state index is -0.531. The number of hydrogen-bond donors (Lipinski definition) is 2. The van der Waals surface area contributed by atoms with Crippen molar-refractivity contribution in [2.75, 3.05) is 24.5 Å². The van der Waals surface area contributed by atoms with Crippen LogP contribution in [-0.4, -0.2) is 42.8 Å². The third-order valence-electron chi connectivity index (χ3n) is 6.97. The summed E-state index contributed by atoms with van der Waals surface area (Å²) in [4.78, 5) is 32.7. The first-order valence-corrected chi connectivity index (χ1v) is 15.8. The van der Waals surface area contributed by atoms with Crippen LogP contribution in [0.3, 0.4) is 0 Å². The molecule has 0 saturated heterocycles. The van der Waals surface area contributed by atoms with Crippen molar-refractivity contribution < 1.29 is 23.9 Å². The molecule has 214 valence electrons. The number of Topliss-reactive ketones (excluding diaryl/α,β-unsaturated/α-hetero) is 1. The van der Waals surface area contributed by atoms with Crippen molar-refractivity contribution in [2.24, 2.45) is 5.92 Å². The fourth-order valence-corrected chi connectivity index (χ4v) is 7.47. The van der Waals surface area contributed by atoms with E-state index in [0.717, 1.165) is 34.4 Å². The highest BCUT2D eigenvalue weighted by Crippen LogP contribution is 2.46. The molecule has 41 heavy (non-hydrogen) atoms. The van der Waals surface area contributed by atoms with E-state index >= 15 is 0 Å². The minimum Gasteiger partial charge on any atom is -0.444 e. The van der Waals surface area contributed by atoms with Gasteiger partial charge >= 0.3 is 6.09 Å². The lowest BCUT2D eigenvalue weighted by Gasteiger charge is -2.25. The van der Waals surface area contributed by atoms with E-state index in [1.54, 1.807) is 23.1 Å². The van der Waals surface area contributed by atoms with Gasteiger partial charge in [-0.05, 0) is 58.9 Å². The van der Waals surface area contributed by atoms with Crippen LogP contribution in [0.5, 0.6) is 0 Å². The highest BCUT2D eigenvalue weighted by molar-refractivity contribution is 8.03. The van der Waals surface area contributed by atoms with Gasteiger partial charge in [0.15, 0.2) is 5.78 Å². The van der Waals surface area contributed by atoms with Crippen LogP contribution in [0.2, 0.25) is 0 Å². The van der Waals surface area contributed by atoms with Crippen molar-refractivity contribution in [3.05, 3.63) is 70.2 Å². The van der Waals surface area contributed by atoms with Gasteiger partial charge in [-0.2, -0.15) is 4.57 Å². The smallest absolute Gasteiger partial charge is 0.407 e. The number of rotatable bonds is 8. The number of thiazole rings is 1. The number of para-hydroxylation sites is 2. The van der Waals surface area contributed by atoms with Crippen LogP contribution >= 0.6 is 23.1 Å². The predicted molar refractivity (Wildman–Crippen MR) is 167 cm³/mol. The Morgan fingerprint density at radius 3 is 2.66 bits per heavy atom. The number of anilines is 1. The van der Waals surface area contributed by atoms with Crippen LogP contribution in [0.15, 0.2) is 70.1 Å². The monoisotopic (exact) mass is 590 g/mol. The molecular formula is C32H38N4O3S2+2. The van der Waals surface area contributed by atoms with E-state index in [1.807, 2.05) is 32.9 Å². The molecule has 1 saturated carbocycles. The van der Waals surface area contributed by atoms with Crippen molar-refractivity contribution in [1.82, 2.24) is 5.32 Å². The summed E-state index contributed by atoms with van der Waals surface area (Å²) in [6.45, 7) is 12.6. The molecular weight excluding hydrogens is 553 g/mol. The van der Waals surface area contributed by atoms with E-state index in [1.165, 1.54) is 20.8 Å². The van der Waals surface area contributed by atoms with Crippen molar-refractivity contribution >= 4 is 62.7 Å². The molecule has 2 N–H and O–H groups in total. The maximum atomic E-state index is 13.7. The summed E-state index contributed by atoms with van der Waals surface area (Å²) in [6, 6.07) is 16.7. The molecule has 3 aromatic rings. The van der Waals surface area contributed by atoms with Gasteiger partial charge < -0.3 is 15.0 Å². The number of benzene rings is 2.